The zero-order valence-electron chi connectivity index (χ0n) is 9.68. The molecule has 0 radical (unpaired) electrons. The van der Waals surface area contributed by atoms with Gasteiger partial charge in [0.15, 0.2) is 0 Å². The third kappa shape index (κ3) is 2.25. The first-order valence-electron chi connectivity index (χ1n) is 5.51. The third-order valence-electron chi connectivity index (χ3n) is 2.78. The SMILES string of the molecule is CC(C)(N)CCc1c[nH]c2cccc(F)c12. The van der Waals surface area contributed by atoms with Crippen LogP contribution in [0, 0.1) is 5.82 Å². The highest BCUT2D eigenvalue weighted by molar-refractivity contribution is 5.83. The predicted octanol–water partition coefficient (Wildman–Crippen LogP) is 2.98. The number of hydrogen-bond donors (Lipinski definition) is 2. The maximum atomic E-state index is 13.6. The first kappa shape index (κ1) is 11.1. The topological polar surface area (TPSA) is 41.8 Å². The van der Waals surface area contributed by atoms with Crippen LogP contribution in [0.25, 0.3) is 10.9 Å². The number of rotatable bonds is 3. The summed E-state index contributed by atoms with van der Waals surface area (Å²) in [6.07, 6.45) is 3.51. The molecule has 0 saturated carbocycles. The molecule has 2 aromatic rings. The first-order chi connectivity index (χ1) is 7.47. The lowest BCUT2D eigenvalue weighted by atomic mass is 9.96. The van der Waals surface area contributed by atoms with Crippen molar-refractivity contribution in [2.75, 3.05) is 0 Å². The zero-order valence-corrected chi connectivity index (χ0v) is 9.68. The van der Waals surface area contributed by atoms with Gasteiger partial charge >= 0.3 is 0 Å². The summed E-state index contributed by atoms with van der Waals surface area (Å²) >= 11 is 0. The fourth-order valence-corrected chi connectivity index (χ4v) is 1.86. The Kier molecular flexibility index (Phi) is 2.72. The van der Waals surface area contributed by atoms with E-state index in [9.17, 15) is 4.39 Å². The number of aromatic nitrogens is 1. The van der Waals surface area contributed by atoms with E-state index < -0.39 is 0 Å². The van der Waals surface area contributed by atoms with E-state index in [0.717, 1.165) is 23.9 Å². The molecule has 2 nitrogen and oxygen atoms in total. The maximum absolute atomic E-state index is 13.6. The van der Waals surface area contributed by atoms with E-state index in [-0.39, 0.29) is 11.4 Å². The Morgan fingerprint density at radius 2 is 2.12 bits per heavy atom. The lowest BCUT2D eigenvalue weighted by molar-refractivity contribution is 0.477. The molecule has 86 valence electrons. The number of nitrogens with one attached hydrogen (secondary N) is 1. The minimum absolute atomic E-state index is 0.163. The van der Waals surface area contributed by atoms with Gasteiger partial charge in [0.25, 0.3) is 0 Å². The van der Waals surface area contributed by atoms with E-state index in [4.69, 9.17) is 5.73 Å². The number of fused-ring (bicyclic) bond motifs is 1. The van der Waals surface area contributed by atoms with Gasteiger partial charge in [-0.05, 0) is 44.4 Å². The van der Waals surface area contributed by atoms with Crippen molar-refractivity contribution in [2.24, 2.45) is 5.73 Å². The summed E-state index contributed by atoms with van der Waals surface area (Å²) in [7, 11) is 0. The van der Waals surface area contributed by atoms with Gasteiger partial charge < -0.3 is 10.7 Å². The Labute approximate surface area is 94.7 Å². The van der Waals surface area contributed by atoms with Gasteiger partial charge in [-0.3, -0.25) is 0 Å². The number of hydrogen-bond acceptors (Lipinski definition) is 1. The maximum Gasteiger partial charge on any atom is 0.132 e. The minimum Gasteiger partial charge on any atom is -0.361 e. The summed E-state index contributed by atoms with van der Waals surface area (Å²) < 4.78 is 13.6. The molecule has 1 aromatic heterocycles. The van der Waals surface area contributed by atoms with Crippen LogP contribution < -0.4 is 5.73 Å². The van der Waals surface area contributed by atoms with Gasteiger partial charge in [0, 0.05) is 22.6 Å². The van der Waals surface area contributed by atoms with E-state index in [1.165, 1.54) is 6.07 Å². The molecule has 0 spiro atoms. The van der Waals surface area contributed by atoms with Gasteiger partial charge in [-0.15, -0.1) is 0 Å². The molecule has 0 bridgehead atoms. The van der Waals surface area contributed by atoms with E-state index in [0.29, 0.717) is 5.39 Å². The van der Waals surface area contributed by atoms with E-state index in [1.54, 1.807) is 6.07 Å². The standard InChI is InChI=1S/C13H17FN2/c1-13(2,15)7-6-9-8-16-11-5-3-4-10(14)12(9)11/h3-5,8,16H,6-7,15H2,1-2H3. The van der Waals surface area contributed by atoms with E-state index in [2.05, 4.69) is 4.98 Å². The van der Waals surface area contributed by atoms with Crippen LogP contribution in [-0.4, -0.2) is 10.5 Å². The van der Waals surface area contributed by atoms with Gasteiger partial charge in [-0.2, -0.15) is 0 Å². The number of aromatic amines is 1. The number of H-pyrrole nitrogens is 1. The Bertz CT molecular complexity index is 494. The molecule has 0 atom stereocenters. The number of aryl methyl sites for hydroxylation is 1. The lowest BCUT2D eigenvalue weighted by Gasteiger charge is -2.17. The second-order valence-corrected chi connectivity index (χ2v) is 4.96. The Morgan fingerprint density at radius 3 is 2.81 bits per heavy atom. The van der Waals surface area contributed by atoms with Crippen LogP contribution >= 0.6 is 0 Å². The van der Waals surface area contributed by atoms with E-state index >= 15 is 0 Å². The largest absolute Gasteiger partial charge is 0.361 e. The summed E-state index contributed by atoms with van der Waals surface area (Å²) in [5, 5.41) is 0.701. The zero-order chi connectivity index (χ0) is 11.8. The summed E-state index contributed by atoms with van der Waals surface area (Å²) in [5.74, 6) is -0.163. The van der Waals surface area contributed by atoms with Gasteiger partial charge in [-0.1, -0.05) is 6.07 Å². The molecule has 0 fully saturated rings. The molecule has 2 rings (SSSR count). The Balaban J connectivity index is 2.32. The van der Waals surface area contributed by atoms with Crippen molar-refractivity contribution in [3.63, 3.8) is 0 Å². The van der Waals surface area contributed by atoms with Crippen LogP contribution in [0.5, 0.6) is 0 Å². The molecule has 0 aliphatic rings. The van der Waals surface area contributed by atoms with Crippen molar-refractivity contribution in [1.82, 2.24) is 4.98 Å². The van der Waals surface area contributed by atoms with Crippen molar-refractivity contribution in [3.05, 3.63) is 35.8 Å². The Hall–Kier alpha value is -1.35. The fraction of sp³-hybridized carbons (Fsp3) is 0.385. The minimum atomic E-state index is -0.213. The highest BCUT2D eigenvalue weighted by atomic mass is 19.1. The predicted molar refractivity (Wildman–Crippen MR) is 64.8 cm³/mol. The van der Waals surface area contributed by atoms with Crippen molar-refractivity contribution < 1.29 is 4.39 Å². The molecule has 3 N–H and O–H groups in total. The van der Waals surface area contributed by atoms with Crippen LogP contribution in [0.15, 0.2) is 24.4 Å². The molecule has 0 aliphatic carbocycles. The normalized spacial score (nSPS) is 12.2. The highest BCUT2D eigenvalue weighted by Gasteiger charge is 2.13. The molecule has 0 unspecified atom stereocenters. The lowest BCUT2D eigenvalue weighted by Crippen LogP contribution is -2.32. The van der Waals surface area contributed by atoms with Crippen LogP contribution in [0.4, 0.5) is 4.39 Å². The monoisotopic (exact) mass is 220 g/mol. The number of benzene rings is 1. The summed E-state index contributed by atoms with van der Waals surface area (Å²) in [5.41, 5.74) is 7.57. The van der Waals surface area contributed by atoms with Gasteiger partial charge in [0.05, 0.1) is 0 Å². The fourth-order valence-electron chi connectivity index (χ4n) is 1.86. The average molecular weight is 220 g/mol. The number of halogens is 1. The van der Waals surface area contributed by atoms with Gasteiger partial charge in [0.2, 0.25) is 0 Å². The highest BCUT2D eigenvalue weighted by Crippen LogP contribution is 2.23. The summed E-state index contributed by atoms with van der Waals surface area (Å²) in [6.45, 7) is 3.97. The summed E-state index contributed by atoms with van der Waals surface area (Å²) in [4.78, 5) is 3.08. The van der Waals surface area contributed by atoms with Crippen LogP contribution in [0.1, 0.15) is 25.8 Å². The van der Waals surface area contributed by atoms with Crippen molar-refractivity contribution in [1.29, 1.82) is 0 Å². The van der Waals surface area contributed by atoms with Crippen molar-refractivity contribution >= 4 is 10.9 Å². The van der Waals surface area contributed by atoms with Gasteiger partial charge in [-0.25, -0.2) is 4.39 Å². The third-order valence-corrected chi connectivity index (χ3v) is 2.78. The summed E-state index contributed by atoms with van der Waals surface area (Å²) in [6, 6.07) is 5.09. The second kappa shape index (κ2) is 3.91. The molecule has 0 amide bonds. The van der Waals surface area contributed by atoms with E-state index in [1.807, 2.05) is 26.1 Å². The van der Waals surface area contributed by atoms with Crippen LogP contribution in [-0.2, 0) is 6.42 Å². The average Bonchev–Trinajstić information content (AvgIpc) is 2.58. The van der Waals surface area contributed by atoms with Crippen molar-refractivity contribution in [2.45, 2.75) is 32.2 Å². The Morgan fingerprint density at radius 1 is 1.38 bits per heavy atom. The van der Waals surface area contributed by atoms with Crippen molar-refractivity contribution in [3.8, 4) is 0 Å². The van der Waals surface area contributed by atoms with Crippen LogP contribution in [0.2, 0.25) is 0 Å². The second-order valence-electron chi connectivity index (χ2n) is 4.96. The molecular weight excluding hydrogens is 203 g/mol. The quantitative estimate of drug-likeness (QED) is 0.820. The molecule has 0 saturated heterocycles. The molecule has 16 heavy (non-hydrogen) atoms. The molecular formula is C13H17FN2. The first-order valence-corrected chi connectivity index (χ1v) is 5.51. The van der Waals surface area contributed by atoms with Gasteiger partial charge in [0.1, 0.15) is 5.82 Å². The molecule has 1 heterocycles. The smallest absolute Gasteiger partial charge is 0.132 e. The molecule has 3 heteroatoms. The molecule has 1 aromatic carbocycles. The molecule has 0 aliphatic heterocycles. The number of nitrogens with two attached hydrogens (primary N) is 1. The van der Waals surface area contributed by atoms with Crippen LogP contribution in [0.3, 0.4) is 0 Å².